The van der Waals surface area contributed by atoms with Gasteiger partial charge in [-0.3, -0.25) is 4.79 Å². The monoisotopic (exact) mass is 470 g/mol. The van der Waals surface area contributed by atoms with E-state index in [0.29, 0.717) is 23.4 Å². The second-order valence-corrected chi connectivity index (χ2v) is 7.54. The number of carbonyl (C=O) groups is 2. The number of hydrogen-bond acceptors (Lipinski definition) is 5. The number of halogens is 1. The first-order chi connectivity index (χ1) is 15.1. The number of amides is 1. The van der Waals surface area contributed by atoms with E-state index in [0.717, 1.165) is 11.1 Å². The third-order valence-corrected chi connectivity index (χ3v) is 5.36. The first kappa shape index (κ1) is 25.5. The minimum Gasteiger partial charge on any atom is -0.453 e. The van der Waals surface area contributed by atoms with Gasteiger partial charge in [0.1, 0.15) is 6.10 Å². The van der Waals surface area contributed by atoms with Crippen molar-refractivity contribution in [3.8, 4) is 0 Å². The van der Waals surface area contributed by atoms with Crippen LogP contribution in [-0.4, -0.2) is 24.2 Å². The van der Waals surface area contributed by atoms with Crippen molar-refractivity contribution in [1.29, 1.82) is 0 Å². The summed E-state index contributed by atoms with van der Waals surface area (Å²) >= 11 is 4.34. The Morgan fingerprint density at radius 2 is 1.59 bits per heavy atom. The molecule has 0 radical (unpaired) electrons. The molecule has 0 aliphatic heterocycles. The number of ether oxygens (including phenoxy) is 1. The highest BCUT2D eigenvalue weighted by Gasteiger charge is 2.20. The first-order valence-electron chi connectivity index (χ1n) is 10.1. The Bertz CT molecular complexity index is 1000. The molecule has 1 amide bonds. The maximum absolute atomic E-state index is 12.7. The van der Waals surface area contributed by atoms with E-state index < -0.39 is 12.1 Å². The van der Waals surface area contributed by atoms with E-state index in [1.165, 1.54) is 0 Å². The predicted octanol–water partition coefficient (Wildman–Crippen LogP) is 4.69. The summed E-state index contributed by atoms with van der Waals surface area (Å²) in [5.74, 6) is -0.516. The fraction of sp³-hybridized carbons (Fsp3) is 0.200. The standard InChI is InChI=1S/C25H26N2O3S.ClH/c26-16-23(19-10-5-2-6-11-19)30-25(29)20-12-7-13-22(15-20)27-24(28)21(17-31)14-18-8-3-1-4-9-18;/h1-13,15,21,23,31H,14,16-17,26H2,(H,27,28);1H. The van der Waals surface area contributed by atoms with Gasteiger partial charge >= 0.3 is 5.97 Å². The van der Waals surface area contributed by atoms with Crippen molar-refractivity contribution in [3.05, 3.63) is 102 Å². The molecule has 0 spiro atoms. The normalized spacial score (nSPS) is 12.2. The van der Waals surface area contributed by atoms with Gasteiger partial charge in [0.15, 0.2) is 0 Å². The zero-order chi connectivity index (χ0) is 22.1. The Balaban J connectivity index is 0.00000363. The van der Waals surface area contributed by atoms with Crippen molar-refractivity contribution >= 4 is 42.6 Å². The summed E-state index contributed by atoms with van der Waals surface area (Å²) in [6, 6.07) is 25.9. The lowest BCUT2D eigenvalue weighted by molar-refractivity contribution is -0.119. The van der Waals surface area contributed by atoms with Crippen LogP contribution in [0.4, 0.5) is 5.69 Å². The van der Waals surface area contributed by atoms with Crippen molar-refractivity contribution in [1.82, 2.24) is 0 Å². The van der Waals surface area contributed by atoms with Crippen LogP contribution in [0.2, 0.25) is 0 Å². The van der Waals surface area contributed by atoms with Gasteiger partial charge in [0, 0.05) is 18.0 Å². The van der Waals surface area contributed by atoms with Crippen LogP contribution < -0.4 is 11.1 Å². The number of benzene rings is 3. The first-order valence-corrected chi connectivity index (χ1v) is 10.8. The Labute approximate surface area is 200 Å². The number of carbonyl (C=O) groups excluding carboxylic acids is 2. The van der Waals surface area contributed by atoms with Gasteiger partial charge in [-0.05, 0) is 35.7 Å². The summed E-state index contributed by atoms with van der Waals surface area (Å²) < 4.78 is 5.59. The largest absolute Gasteiger partial charge is 0.453 e. The van der Waals surface area contributed by atoms with Crippen LogP contribution in [0, 0.1) is 5.92 Å². The highest BCUT2D eigenvalue weighted by atomic mass is 35.5. The van der Waals surface area contributed by atoms with Crippen LogP contribution in [0.15, 0.2) is 84.9 Å². The fourth-order valence-electron chi connectivity index (χ4n) is 3.22. The van der Waals surface area contributed by atoms with Crippen LogP contribution in [0.5, 0.6) is 0 Å². The molecule has 32 heavy (non-hydrogen) atoms. The molecule has 7 heteroatoms. The summed E-state index contributed by atoms with van der Waals surface area (Å²) in [4.78, 5) is 25.4. The quantitative estimate of drug-likeness (QED) is 0.313. The molecule has 3 aromatic carbocycles. The van der Waals surface area contributed by atoms with Crippen molar-refractivity contribution in [2.75, 3.05) is 17.6 Å². The predicted molar refractivity (Wildman–Crippen MR) is 133 cm³/mol. The van der Waals surface area contributed by atoms with Crippen LogP contribution in [-0.2, 0) is 16.0 Å². The van der Waals surface area contributed by atoms with Crippen LogP contribution in [0.1, 0.15) is 27.6 Å². The lowest BCUT2D eigenvalue weighted by Crippen LogP contribution is -2.26. The molecule has 0 bridgehead atoms. The molecule has 0 fully saturated rings. The summed E-state index contributed by atoms with van der Waals surface area (Å²) in [6.45, 7) is 0.176. The van der Waals surface area contributed by atoms with Gasteiger partial charge in [-0.2, -0.15) is 12.6 Å². The Morgan fingerprint density at radius 3 is 2.22 bits per heavy atom. The Hall–Kier alpha value is -2.80. The number of esters is 1. The second-order valence-electron chi connectivity index (χ2n) is 7.18. The number of hydrogen-bond donors (Lipinski definition) is 3. The highest BCUT2D eigenvalue weighted by Crippen LogP contribution is 2.20. The van der Waals surface area contributed by atoms with Gasteiger partial charge in [0.05, 0.1) is 11.5 Å². The topological polar surface area (TPSA) is 81.4 Å². The number of anilines is 1. The van der Waals surface area contributed by atoms with Crippen molar-refractivity contribution in [2.24, 2.45) is 11.7 Å². The molecule has 0 saturated heterocycles. The molecular weight excluding hydrogens is 444 g/mol. The minimum absolute atomic E-state index is 0. The molecule has 5 nitrogen and oxygen atoms in total. The van der Waals surface area contributed by atoms with E-state index in [1.807, 2.05) is 60.7 Å². The number of nitrogens with two attached hydrogens (primary N) is 1. The molecule has 2 atom stereocenters. The smallest absolute Gasteiger partial charge is 0.338 e. The fourth-order valence-corrected chi connectivity index (χ4v) is 3.52. The van der Waals surface area contributed by atoms with Crippen molar-refractivity contribution < 1.29 is 14.3 Å². The van der Waals surface area contributed by atoms with Gasteiger partial charge in [-0.1, -0.05) is 66.7 Å². The Kier molecular flexibility index (Phi) is 10.3. The summed E-state index contributed by atoms with van der Waals surface area (Å²) in [5.41, 5.74) is 8.58. The zero-order valence-electron chi connectivity index (χ0n) is 17.5. The SMILES string of the molecule is Cl.NCC(OC(=O)c1cccc(NC(=O)C(CS)Cc2ccccc2)c1)c1ccccc1. The van der Waals surface area contributed by atoms with Gasteiger partial charge in [-0.15, -0.1) is 12.4 Å². The molecule has 0 aromatic heterocycles. The lowest BCUT2D eigenvalue weighted by Gasteiger charge is -2.17. The van der Waals surface area contributed by atoms with E-state index in [9.17, 15) is 9.59 Å². The number of nitrogens with one attached hydrogen (secondary N) is 1. The molecule has 0 aliphatic carbocycles. The number of thiol groups is 1. The van der Waals surface area contributed by atoms with Gasteiger partial charge in [0.2, 0.25) is 5.91 Å². The average Bonchev–Trinajstić information content (AvgIpc) is 2.82. The van der Waals surface area contributed by atoms with E-state index in [-0.39, 0.29) is 30.8 Å². The van der Waals surface area contributed by atoms with Crippen molar-refractivity contribution in [2.45, 2.75) is 12.5 Å². The maximum Gasteiger partial charge on any atom is 0.338 e. The molecule has 168 valence electrons. The molecule has 0 heterocycles. The summed E-state index contributed by atoms with van der Waals surface area (Å²) in [6.07, 6.45) is 0.0547. The van der Waals surface area contributed by atoms with E-state index in [4.69, 9.17) is 10.5 Å². The molecular formula is C25H27ClN2O3S. The molecule has 3 N–H and O–H groups in total. The second kappa shape index (κ2) is 12.9. The lowest BCUT2D eigenvalue weighted by atomic mass is 10.00. The van der Waals surface area contributed by atoms with Gasteiger partial charge < -0.3 is 15.8 Å². The van der Waals surface area contributed by atoms with Gasteiger partial charge in [-0.25, -0.2) is 4.79 Å². The van der Waals surface area contributed by atoms with Gasteiger partial charge in [0.25, 0.3) is 0 Å². The van der Waals surface area contributed by atoms with E-state index in [2.05, 4.69) is 17.9 Å². The van der Waals surface area contributed by atoms with Crippen LogP contribution in [0.25, 0.3) is 0 Å². The minimum atomic E-state index is -0.536. The third-order valence-electron chi connectivity index (χ3n) is 4.92. The third kappa shape index (κ3) is 7.12. The zero-order valence-corrected chi connectivity index (χ0v) is 19.2. The van der Waals surface area contributed by atoms with E-state index >= 15 is 0 Å². The van der Waals surface area contributed by atoms with E-state index in [1.54, 1.807) is 24.3 Å². The molecule has 3 aromatic rings. The molecule has 3 rings (SSSR count). The van der Waals surface area contributed by atoms with Crippen LogP contribution in [0.3, 0.4) is 0 Å². The summed E-state index contributed by atoms with van der Waals surface area (Å²) in [7, 11) is 0. The van der Waals surface area contributed by atoms with Crippen molar-refractivity contribution in [3.63, 3.8) is 0 Å². The average molecular weight is 471 g/mol. The summed E-state index contributed by atoms with van der Waals surface area (Å²) in [5, 5.41) is 2.89. The molecule has 0 saturated carbocycles. The Morgan fingerprint density at radius 1 is 0.938 bits per heavy atom. The molecule has 0 aliphatic rings. The van der Waals surface area contributed by atoms with Crippen LogP contribution >= 0.6 is 25.0 Å². The maximum atomic E-state index is 12.7. The highest BCUT2D eigenvalue weighted by molar-refractivity contribution is 7.80. The molecule has 2 unspecified atom stereocenters. The number of rotatable bonds is 9.